The third kappa shape index (κ3) is 3.43. The summed E-state index contributed by atoms with van der Waals surface area (Å²) >= 11 is 7.66. The van der Waals surface area contributed by atoms with Crippen molar-refractivity contribution < 1.29 is 4.79 Å². The average molecular weight is 293 g/mol. The molecular formula is C14H13ClN2OS. The van der Waals surface area contributed by atoms with E-state index < -0.39 is 5.91 Å². The molecule has 0 heterocycles. The minimum atomic E-state index is -0.477. The summed E-state index contributed by atoms with van der Waals surface area (Å²) in [5.41, 5.74) is 13.1. The first-order valence-electron chi connectivity index (χ1n) is 5.63. The lowest BCUT2D eigenvalue weighted by atomic mass is 10.2. The van der Waals surface area contributed by atoms with Crippen LogP contribution in [0.25, 0.3) is 0 Å². The molecule has 0 aliphatic carbocycles. The molecule has 0 unspecified atom stereocenters. The molecule has 0 fully saturated rings. The Morgan fingerprint density at radius 1 is 1.21 bits per heavy atom. The maximum atomic E-state index is 11.0. The van der Waals surface area contributed by atoms with Crippen molar-refractivity contribution in [1.29, 1.82) is 0 Å². The summed E-state index contributed by atoms with van der Waals surface area (Å²) in [5.74, 6) is 0.245. The van der Waals surface area contributed by atoms with Crippen LogP contribution in [0, 0.1) is 0 Å². The number of halogens is 1. The summed E-state index contributed by atoms with van der Waals surface area (Å²) in [7, 11) is 0. The lowest BCUT2D eigenvalue weighted by Crippen LogP contribution is -2.11. The predicted molar refractivity (Wildman–Crippen MR) is 80.4 cm³/mol. The van der Waals surface area contributed by atoms with Gasteiger partial charge in [0.25, 0.3) is 0 Å². The minimum Gasteiger partial charge on any atom is -0.398 e. The third-order valence-electron chi connectivity index (χ3n) is 2.64. The molecule has 0 aliphatic rings. The van der Waals surface area contributed by atoms with Crippen LogP contribution in [0.2, 0.25) is 5.02 Å². The van der Waals surface area contributed by atoms with Crippen LogP contribution in [0.15, 0.2) is 47.4 Å². The molecule has 19 heavy (non-hydrogen) atoms. The average Bonchev–Trinajstić information content (AvgIpc) is 2.39. The molecule has 0 spiro atoms. The van der Waals surface area contributed by atoms with E-state index in [-0.39, 0.29) is 0 Å². The van der Waals surface area contributed by atoms with Gasteiger partial charge in [-0.1, -0.05) is 29.8 Å². The Balaban J connectivity index is 2.12. The van der Waals surface area contributed by atoms with Gasteiger partial charge in [0.2, 0.25) is 5.91 Å². The van der Waals surface area contributed by atoms with Gasteiger partial charge in [-0.15, -0.1) is 11.8 Å². The molecule has 1 amide bonds. The molecule has 2 aromatic rings. The van der Waals surface area contributed by atoms with Gasteiger partial charge in [0.15, 0.2) is 0 Å². The summed E-state index contributed by atoms with van der Waals surface area (Å²) in [6.07, 6.45) is 0. The third-order valence-corrected chi connectivity index (χ3v) is 4.14. The number of hydrogen-bond donors (Lipinski definition) is 2. The molecule has 98 valence electrons. The second kappa shape index (κ2) is 5.99. The Kier molecular flexibility index (Phi) is 4.35. The minimum absolute atomic E-state index is 0.416. The number of primary amides is 1. The number of carbonyl (C=O) groups is 1. The molecule has 5 heteroatoms. The van der Waals surface area contributed by atoms with Crippen LogP contribution in [-0.2, 0) is 5.75 Å². The van der Waals surface area contributed by atoms with Crippen LogP contribution in [0.3, 0.4) is 0 Å². The normalized spacial score (nSPS) is 10.4. The smallest absolute Gasteiger partial charge is 0.248 e. The zero-order valence-electron chi connectivity index (χ0n) is 10.1. The summed E-state index contributed by atoms with van der Waals surface area (Å²) in [5, 5.41) is 0.738. The van der Waals surface area contributed by atoms with Crippen molar-refractivity contribution in [1.82, 2.24) is 0 Å². The number of nitrogens with two attached hydrogens (primary N) is 2. The number of carbonyl (C=O) groups excluding carboxylic acids is 1. The molecule has 4 N–H and O–H groups in total. The van der Waals surface area contributed by atoms with Crippen molar-refractivity contribution in [2.24, 2.45) is 5.73 Å². The molecule has 0 saturated heterocycles. The fourth-order valence-corrected chi connectivity index (χ4v) is 2.84. The van der Waals surface area contributed by atoms with Crippen LogP contribution in [0.5, 0.6) is 0 Å². The van der Waals surface area contributed by atoms with Crippen molar-refractivity contribution >= 4 is 35.0 Å². The molecule has 2 aromatic carbocycles. The first-order chi connectivity index (χ1) is 9.08. The molecule has 0 aliphatic heterocycles. The number of anilines is 1. The van der Waals surface area contributed by atoms with Crippen LogP contribution in [0.4, 0.5) is 5.69 Å². The Morgan fingerprint density at radius 3 is 2.58 bits per heavy atom. The SMILES string of the molecule is NC(=O)c1ccc(SCc2ccccc2Cl)c(N)c1. The van der Waals surface area contributed by atoms with Gasteiger partial charge in [0, 0.05) is 26.9 Å². The molecular weight excluding hydrogens is 280 g/mol. The van der Waals surface area contributed by atoms with E-state index in [9.17, 15) is 4.79 Å². The zero-order chi connectivity index (χ0) is 13.8. The quantitative estimate of drug-likeness (QED) is 0.671. The Bertz CT molecular complexity index is 616. The molecule has 0 atom stereocenters. The van der Waals surface area contributed by atoms with E-state index in [4.69, 9.17) is 23.1 Å². The summed E-state index contributed by atoms with van der Waals surface area (Å²) in [6, 6.07) is 12.7. The molecule has 0 aromatic heterocycles. The van der Waals surface area contributed by atoms with Gasteiger partial charge in [-0.25, -0.2) is 0 Å². The van der Waals surface area contributed by atoms with Crippen LogP contribution >= 0.6 is 23.4 Å². The second-order valence-corrected chi connectivity index (χ2v) is 5.42. The Morgan fingerprint density at radius 2 is 1.95 bits per heavy atom. The maximum Gasteiger partial charge on any atom is 0.248 e. The van der Waals surface area contributed by atoms with E-state index in [2.05, 4.69) is 0 Å². The Hall–Kier alpha value is -1.65. The number of thioether (sulfide) groups is 1. The lowest BCUT2D eigenvalue weighted by molar-refractivity contribution is 0.100. The predicted octanol–water partition coefficient (Wildman–Crippen LogP) is 3.31. The highest BCUT2D eigenvalue weighted by Gasteiger charge is 2.06. The van der Waals surface area contributed by atoms with Crippen molar-refractivity contribution in [2.45, 2.75) is 10.6 Å². The number of hydrogen-bond acceptors (Lipinski definition) is 3. The maximum absolute atomic E-state index is 11.0. The highest BCUT2D eigenvalue weighted by molar-refractivity contribution is 7.98. The zero-order valence-corrected chi connectivity index (χ0v) is 11.7. The molecule has 3 nitrogen and oxygen atoms in total. The highest BCUT2D eigenvalue weighted by Crippen LogP contribution is 2.30. The van der Waals surface area contributed by atoms with E-state index in [0.717, 1.165) is 21.2 Å². The monoisotopic (exact) mass is 292 g/mol. The van der Waals surface area contributed by atoms with Gasteiger partial charge in [-0.3, -0.25) is 4.79 Å². The highest BCUT2D eigenvalue weighted by atomic mass is 35.5. The van der Waals surface area contributed by atoms with E-state index in [1.807, 2.05) is 24.3 Å². The van der Waals surface area contributed by atoms with Crippen LogP contribution < -0.4 is 11.5 Å². The largest absolute Gasteiger partial charge is 0.398 e. The number of nitrogen functional groups attached to an aromatic ring is 1. The van der Waals surface area contributed by atoms with Gasteiger partial charge in [-0.05, 0) is 29.8 Å². The van der Waals surface area contributed by atoms with Gasteiger partial charge in [-0.2, -0.15) is 0 Å². The first kappa shape index (κ1) is 13.8. The topological polar surface area (TPSA) is 69.1 Å². The van der Waals surface area contributed by atoms with Gasteiger partial charge >= 0.3 is 0 Å². The van der Waals surface area contributed by atoms with E-state index >= 15 is 0 Å². The van der Waals surface area contributed by atoms with E-state index in [1.54, 1.807) is 30.0 Å². The fourth-order valence-electron chi connectivity index (χ4n) is 1.60. The Labute approximate surface area is 120 Å². The number of benzene rings is 2. The molecule has 0 bridgehead atoms. The number of amides is 1. The van der Waals surface area contributed by atoms with Crippen molar-refractivity contribution in [3.05, 3.63) is 58.6 Å². The van der Waals surface area contributed by atoms with Crippen molar-refractivity contribution in [2.75, 3.05) is 5.73 Å². The van der Waals surface area contributed by atoms with Crippen molar-refractivity contribution in [3.8, 4) is 0 Å². The van der Waals surface area contributed by atoms with E-state index in [1.165, 1.54) is 0 Å². The lowest BCUT2D eigenvalue weighted by Gasteiger charge is -2.07. The number of rotatable bonds is 4. The standard InChI is InChI=1S/C14H13ClN2OS/c15-11-4-2-1-3-10(11)8-19-13-6-5-9(14(17)18)7-12(13)16/h1-7H,8,16H2,(H2,17,18). The van der Waals surface area contributed by atoms with Gasteiger partial charge < -0.3 is 11.5 Å². The fraction of sp³-hybridized carbons (Fsp3) is 0.0714. The molecule has 0 radical (unpaired) electrons. The summed E-state index contributed by atoms with van der Waals surface area (Å²) in [6.45, 7) is 0. The van der Waals surface area contributed by atoms with Crippen molar-refractivity contribution in [3.63, 3.8) is 0 Å². The van der Waals surface area contributed by atoms with Crippen LogP contribution in [-0.4, -0.2) is 5.91 Å². The second-order valence-electron chi connectivity index (χ2n) is 4.00. The van der Waals surface area contributed by atoms with Crippen LogP contribution in [0.1, 0.15) is 15.9 Å². The first-order valence-corrected chi connectivity index (χ1v) is 7.00. The summed E-state index contributed by atoms with van der Waals surface area (Å²) < 4.78 is 0. The van der Waals surface area contributed by atoms with Gasteiger partial charge in [0.05, 0.1) is 0 Å². The summed E-state index contributed by atoms with van der Waals surface area (Å²) in [4.78, 5) is 11.9. The van der Waals surface area contributed by atoms with Gasteiger partial charge in [0.1, 0.15) is 0 Å². The molecule has 0 saturated carbocycles. The van der Waals surface area contributed by atoms with E-state index in [0.29, 0.717) is 11.3 Å². The molecule has 2 rings (SSSR count).